The van der Waals surface area contributed by atoms with Crippen molar-refractivity contribution in [2.24, 2.45) is 7.05 Å². The summed E-state index contributed by atoms with van der Waals surface area (Å²) in [5.41, 5.74) is 2.20. The Labute approximate surface area is 131 Å². The highest BCUT2D eigenvalue weighted by Gasteiger charge is 2.48. The van der Waals surface area contributed by atoms with Gasteiger partial charge in [-0.25, -0.2) is 4.79 Å². The predicted molar refractivity (Wildman–Crippen MR) is 85.0 cm³/mol. The largest absolute Gasteiger partial charge is 0.322 e. The van der Waals surface area contributed by atoms with Gasteiger partial charge in [-0.1, -0.05) is 0 Å². The molecule has 6 heteroatoms. The van der Waals surface area contributed by atoms with Gasteiger partial charge in [-0.3, -0.25) is 4.68 Å². The Morgan fingerprint density at radius 2 is 1.91 bits per heavy atom. The molecule has 1 aromatic rings. The highest BCUT2D eigenvalue weighted by atomic mass is 16.2. The smallest absolute Gasteiger partial charge is 0.319 e. The zero-order valence-corrected chi connectivity index (χ0v) is 13.5. The maximum atomic E-state index is 12.7. The van der Waals surface area contributed by atoms with Gasteiger partial charge in [-0.2, -0.15) is 5.10 Å². The van der Waals surface area contributed by atoms with Crippen LogP contribution in [0.1, 0.15) is 43.7 Å². The number of hydrogen-bond acceptors (Lipinski definition) is 3. The minimum absolute atomic E-state index is 0.0608. The molecule has 4 rings (SSSR count). The van der Waals surface area contributed by atoms with E-state index in [-0.39, 0.29) is 11.6 Å². The number of piperidine rings is 1. The van der Waals surface area contributed by atoms with Gasteiger partial charge in [0.25, 0.3) is 0 Å². The van der Waals surface area contributed by atoms with Crippen LogP contribution < -0.4 is 5.32 Å². The second kappa shape index (κ2) is 4.98. The van der Waals surface area contributed by atoms with Crippen molar-refractivity contribution in [2.75, 3.05) is 32.0 Å². The van der Waals surface area contributed by atoms with Gasteiger partial charge in [-0.15, -0.1) is 0 Å². The van der Waals surface area contributed by atoms with Crippen LogP contribution in [0.4, 0.5) is 10.5 Å². The summed E-state index contributed by atoms with van der Waals surface area (Å²) in [5.74, 6) is 0.580. The molecule has 3 aliphatic rings. The zero-order chi connectivity index (χ0) is 15.3. The number of urea groups is 1. The van der Waals surface area contributed by atoms with E-state index in [1.165, 1.54) is 18.5 Å². The van der Waals surface area contributed by atoms with E-state index in [1.807, 2.05) is 11.7 Å². The Balaban J connectivity index is 1.46. The molecule has 3 fully saturated rings. The minimum Gasteiger partial charge on any atom is -0.319 e. The second-order valence-electron chi connectivity index (χ2n) is 7.20. The van der Waals surface area contributed by atoms with E-state index in [2.05, 4.69) is 27.3 Å². The van der Waals surface area contributed by atoms with Crippen molar-refractivity contribution in [2.45, 2.75) is 43.6 Å². The van der Waals surface area contributed by atoms with Crippen molar-refractivity contribution in [3.63, 3.8) is 0 Å². The van der Waals surface area contributed by atoms with Crippen LogP contribution in [0.5, 0.6) is 0 Å². The first kappa shape index (κ1) is 14.1. The molecule has 1 saturated carbocycles. The fourth-order valence-corrected chi connectivity index (χ4v) is 3.98. The fourth-order valence-electron chi connectivity index (χ4n) is 3.98. The van der Waals surface area contributed by atoms with E-state index in [4.69, 9.17) is 0 Å². The highest BCUT2D eigenvalue weighted by Crippen LogP contribution is 2.44. The molecule has 1 aliphatic carbocycles. The normalized spacial score (nSPS) is 24.4. The molecule has 0 aromatic carbocycles. The summed E-state index contributed by atoms with van der Waals surface area (Å²) in [6, 6.07) is 0.0608. The van der Waals surface area contributed by atoms with E-state index in [1.54, 1.807) is 6.20 Å². The van der Waals surface area contributed by atoms with Crippen molar-refractivity contribution in [1.82, 2.24) is 19.6 Å². The van der Waals surface area contributed by atoms with Crippen molar-refractivity contribution in [3.8, 4) is 0 Å². The standard InChI is InChI=1S/C16H25N5O/c1-19-8-5-16(6-9-19)7-10-21(16)15(22)18-13-11-17-20(2)14(13)12-3-4-12/h11-12H,3-10H2,1-2H3,(H,18,22). The Morgan fingerprint density at radius 1 is 1.23 bits per heavy atom. The van der Waals surface area contributed by atoms with Gasteiger partial charge in [0.2, 0.25) is 0 Å². The number of carbonyl (C=O) groups is 1. The van der Waals surface area contributed by atoms with Crippen LogP contribution in [0, 0.1) is 0 Å². The van der Waals surface area contributed by atoms with Gasteiger partial charge in [-0.05, 0) is 39.2 Å². The first-order valence-corrected chi connectivity index (χ1v) is 8.38. The molecule has 0 bridgehead atoms. The van der Waals surface area contributed by atoms with Gasteiger partial charge < -0.3 is 15.1 Å². The van der Waals surface area contributed by atoms with Gasteiger partial charge in [0.15, 0.2) is 0 Å². The molecule has 6 nitrogen and oxygen atoms in total. The second-order valence-corrected chi connectivity index (χ2v) is 7.20. The van der Waals surface area contributed by atoms with Crippen molar-refractivity contribution in [1.29, 1.82) is 0 Å². The number of likely N-dealkylation sites (tertiary alicyclic amines) is 2. The van der Waals surface area contributed by atoms with Gasteiger partial charge in [0, 0.05) is 38.1 Å². The van der Waals surface area contributed by atoms with E-state index in [9.17, 15) is 4.79 Å². The Bertz CT molecular complexity index is 583. The Hall–Kier alpha value is -1.56. The lowest BCUT2D eigenvalue weighted by Crippen LogP contribution is -2.66. The maximum absolute atomic E-state index is 12.7. The van der Waals surface area contributed by atoms with Crippen LogP contribution in [0.15, 0.2) is 6.20 Å². The Morgan fingerprint density at radius 3 is 2.50 bits per heavy atom. The van der Waals surface area contributed by atoms with Crippen LogP contribution in [0.2, 0.25) is 0 Å². The highest BCUT2D eigenvalue weighted by molar-refractivity contribution is 5.91. The number of anilines is 1. The number of aryl methyl sites for hydroxylation is 1. The molecule has 3 heterocycles. The molecule has 0 unspecified atom stereocenters. The molecule has 22 heavy (non-hydrogen) atoms. The van der Waals surface area contributed by atoms with E-state index in [0.29, 0.717) is 5.92 Å². The summed E-state index contributed by atoms with van der Waals surface area (Å²) in [5, 5.41) is 7.45. The number of carbonyl (C=O) groups excluding carboxylic acids is 1. The predicted octanol–water partition coefficient (Wildman–Crippen LogP) is 2.00. The monoisotopic (exact) mass is 303 g/mol. The van der Waals surface area contributed by atoms with Crippen molar-refractivity contribution in [3.05, 3.63) is 11.9 Å². The summed E-state index contributed by atoms with van der Waals surface area (Å²) >= 11 is 0. The molecule has 1 N–H and O–H groups in total. The number of aromatic nitrogens is 2. The third-order valence-corrected chi connectivity index (χ3v) is 5.73. The molecule has 2 saturated heterocycles. The lowest BCUT2D eigenvalue weighted by Gasteiger charge is -2.55. The van der Waals surface area contributed by atoms with Crippen LogP contribution in [0.25, 0.3) is 0 Å². The molecule has 1 spiro atoms. The zero-order valence-electron chi connectivity index (χ0n) is 13.5. The van der Waals surface area contributed by atoms with E-state index in [0.717, 1.165) is 44.6 Å². The summed E-state index contributed by atoms with van der Waals surface area (Å²) in [6.45, 7) is 3.06. The molecular formula is C16H25N5O. The first-order chi connectivity index (χ1) is 10.6. The third-order valence-electron chi connectivity index (χ3n) is 5.73. The fraction of sp³-hybridized carbons (Fsp3) is 0.750. The number of rotatable bonds is 2. The van der Waals surface area contributed by atoms with Crippen molar-refractivity contribution < 1.29 is 4.79 Å². The number of amides is 2. The van der Waals surface area contributed by atoms with Crippen LogP contribution in [-0.4, -0.2) is 57.8 Å². The summed E-state index contributed by atoms with van der Waals surface area (Å²) in [7, 11) is 4.12. The minimum atomic E-state index is 0.0608. The van der Waals surface area contributed by atoms with Gasteiger partial charge in [0.05, 0.1) is 17.6 Å². The van der Waals surface area contributed by atoms with Gasteiger partial charge in [0.1, 0.15) is 0 Å². The summed E-state index contributed by atoms with van der Waals surface area (Å²) < 4.78 is 1.91. The lowest BCUT2D eigenvalue weighted by atomic mass is 9.77. The van der Waals surface area contributed by atoms with Gasteiger partial charge >= 0.3 is 6.03 Å². The molecular weight excluding hydrogens is 278 g/mol. The molecule has 2 amide bonds. The molecule has 0 radical (unpaired) electrons. The molecule has 120 valence electrons. The van der Waals surface area contributed by atoms with Crippen molar-refractivity contribution >= 4 is 11.7 Å². The third kappa shape index (κ3) is 2.20. The van der Waals surface area contributed by atoms with Crippen LogP contribution >= 0.6 is 0 Å². The molecule has 0 atom stereocenters. The van der Waals surface area contributed by atoms with E-state index < -0.39 is 0 Å². The Kier molecular flexibility index (Phi) is 3.18. The SMILES string of the molecule is CN1CCC2(CC1)CCN2C(=O)Nc1cnn(C)c1C1CC1. The number of nitrogens with one attached hydrogen (secondary N) is 1. The number of nitrogens with zero attached hydrogens (tertiary/aromatic N) is 4. The van der Waals surface area contributed by atoms with E-state index >= 15 is 0 Å². The molecule has 2 aliphatic heterocycles. The van der Waals surface area contributed by atoms with Crippen LogP contribution in [-0.2, 0) is 7.05 Å². The quantitative estimate of drug-likeness (QED) is 0.909. The average Bonchev–Trinajstić information content (AvgIpc) is 3.24. The number of hydrogen-bond donors (Lipinski definition) is 1. The lowest BCUT2D eigenvalue weighted by molar-refractivity contribution is -0.0166. The first-order valence-electron chi connectivity index (χ1n) is 8.38. The molecule has 1 aromatic heterocycles. The topological polar surface area (TPSA) is 53.4 Å². The maximum Gasteiger partial charge on any atom is 0.322 e. The van der Waals surface area contributed by atoms with Crippen LogP contribution in [0.3, 0.4) is 0 Å². The summed E-state index contributed by atoms with van der Waals surface area (Å²) in [6.07, 6.45) is 7.56. The average molecular weight is 303 g/mol. The summed E-state index contributed by atoms with van der Waals surface area (Å²) in [4.78, 5) is 17.1.